The summed E-state index contributed by atoms with van der Waals surface area (Å²) in [4.78, 5) is 5.46. The van der Waals surface area contributed by atoms with Crippen molar-refractivity contribution in [2.24, 2.45) is 0 Å². The van der Waals surface area contributed by atoms with Crippen LogP contribution in [0.1, 0.15) is 32.1 Å². The number of hydrogen-bond donors (Lipinski definition) is 0. The Hall–Kier alpha value is 0.270. The molecule has 3 fully saturated rings. The normalized spacial score (nSPS) is 37.5. The highest BCUT2D eigenvalue weighted by atomic mass is 32.2. The molecule has 2 atom stereocenters. The van der Waals surface area contributed by atoms with Crippen LogP contribution >= 0.6 is 11.8 Å². The Labute approximate surface area is 104 Å². The van der Waals surface area contributed by atoms with Gasteiger partial charge in [0.15, 0.2) is 0 Å². The van der Waals surface area contributed by atoms with Crippen LogP contribution in [0.4, 0.5) is 0 Å². The van der Waals surface area contributed by atoms with Crippen molar-refractivity contribution in [3.8, 4) is 0 Å². The first-order valence-corrected chi connectivity index (χ1v) is 8.05. The number of nitrogens with zero attached hydrogens (tertiary/aromatic N) is 2. The van der Waals surface area contributed by atoms with Crippen LogP contribution in [0.3, 0.4) is 0 Å². The number of thioether (sulfide) groups is 1. The molecule has 3 heterocycles. The van der Waals surface area contributed by atoms with Gasteiger partial charge in [-0.2, -0.15) is 11.8 Å². The summed E-state index contributed by atoms with van der Waals surface area (Å²) in [6, 6.07) is 0.905. The lowest BCUT2D eigenvalue weighted by Gasteiger charge is -2.39. The second-order valence-electron chi connectivity index (χ2n) is 5.58. The summed E-state index contributed by atoms with van der Waals surface area (Å²) in [5.41, 5.74) is 0. The molecule has 16 heavy (non-hydrogen) atoms. The summed E-state index contributed by atoms with van der Waals surface area (Å²) in [6.45, 7) is 6.76. The zero-order valence-electron chi connectivity index (χ0n) is 10.2. The maximum atomic E-state index is 2.75. The lowest BCUT2D eigenvalue weighted by molar-refractivity contribution is 0.104. The van der Waals surface area contributed by atoms with Gasteiger partial charge in [-0.1, -0.05) is 6.42 Å². The molecule has 0 aromatic carbocycles. The molecule has 2 nitrogen and oxygen atoms in total. The van der Waals surface area contributed by atoms with E-state index in [4.69, 9.17) is 0 Å². The SMILES string of the molecule is C1CCC(CN2CCN3CCCC3C2)SC1. The third-order valence-corrected chi connectivity index (χ3v) is 5.79. The van der Waals surface area contributed by atoms with Gasteiger partial charge in [-0.3, -0.25) is 9.80 Å². The molecule has 0 radical (unpaired) electrons. The minimum atomic E-state index is 0.905. The Balaban J connectivity index is 1.48. The van der Waals surface area contributed by atoms with Crippen LogP contribution in [0.15, 0.2) is 0 Å². The zero-order chi connectivity index (χ0) is 10.8. The van der Waals surface area contributed by atoms with Gasteiger partial charge in [0, 0.05) is 37.5 Å². The largest absolute Gasteiger partial charge is 0.299 e. The predicted octanol–water partition coefficient (Wildman–Crippen LogP) is 2.05. The average molecular weight is 240 g/mol. The Morgan fingerprint density at radius 2 is 2.00 bits per heavy atom. The average Bonchev–Trinajstić information content (AvgIpc) is 2.77. The monoisotopic (exact) mass is 240 g/mol. The summed E-state index contributed by atoms with van der Waals surface area (Å²) in [7, 11) is 0. The molecule has 3 saturated heterocycles. The third-order valence-electron chi connectivity index (χ3n) is 4.41. The van der Waals surface area contributed by atoms with Crippen molar-refractivity contribution in [1.82, 2.24) is 9.80 Å². The maximum absolute atomic E-state index is 2.75. The molecule has 3 rings (SSSR count). The van der Waals surface area contributed by atoms with E-state index in [2.05, 4.69) is 21.6 Å². The van der Waals surface area contributed by atoms with Crippen LogP contribution in [-0.2, 0) is 0 Å². The molecule has 0 bridgehead atoms. The molecular formula is C13H24N2S. The Kier molecular flexibility index (Phi) is 3.75. The van der Waals surface area contributed by atoms with Gasteiger partial charge in [0.2, 0.25) is 0 Å². The third kappa shape index (κ3) is 2.57. The second-order valence-corrected chi connectivity index (χ2v) is 6.99. The van der Waals surface area contributed by atoms with Gasteiger partial charge in [-0.25, -0.2) is 0 Å². The molecule has 0 N–H and O–H groups in total. The van der Waals surface area contributed by atoms with E-state index in [0.717, 1.165) is 11.3 Å². The van der Waals surface area contributed by atoms with E-state index in [9.17, 15) is 0 Å². The number of hydrogen-bond acceptors (Lipinski definition) is 3. The van der Waals surface area contributed by atoms with Crippen LogP contribution < -0.4 is 0 Å². The number of rotatable bonds is 2. The van der Waals surface area contributed by atoms with E-state index in [0.29, 0.717) is 0 Å². The molecule has 0 spiro atoms. The van der Waals surface area contributed by atoms with E-state index >= 15 is 0 Å². The smallest absolute Gasteiger partial charge is 0.0224 e. The fraction of sp³-hybridized carbons (Fsp3) is 1.00. The van der Waals surface area contributed by atoms with Gasteiger partial charge in [-0.05, 0) is 38.0 Å². The van der Waals surface area contributed by atoms with E-state index in [1.54, 1.807) is 0 Å². The summed E-state index contributed by atoms with van der Waals surface area (Å²) >= 11 is 2.23. The van der Waals surface area contributed by atoms with Crippen LogP contribution in [0, 0.1) is 0 Å². The number of fused-ring (bicyclic) bond motifs is 1. The lowest BCUT2D eigenvalue weighted by atomic mass is 10.1. The van der Waals surface area contributed by atoms with Gasteiger partial charge in [0.05, 0.1) is 0 Å². The zero-order valence-corrected chi connectivity index (χ0v) is 11.1. The Bertz CT molecular complexity index is 228. The Morgan fingerprint density at radius 3 is 2.88 bits per heavy atom. The first kappa shape index (κ1) is 11.4. The first-order chi connectivity index (χ1) is 7.92. The molecular weight excluding hydrogens is 216 g/mol. The van der Waals surface area contributed by atoms with Crippen LogP contribution in [0.5, 0.6) is 0 Å². The molecule has 2 unspecified atom stereocenters. The van der Waals surface area contributed by atoms with Gasteiger partial charge >= 0.3 is 0 Å². The van der Waals surface area contributed by atoms with Crippen molar-refractivity contribution in [2.45, 2.75) is 43.4 Å². The standard InChI is InChI=1S/C13H24N2S/c1-2-9-16-13(5-1)11-14-7-8-15-6-3-4-12(15)10-14/h12-13H,1-11H2. The highest BCUT2D eigenvalue weighted by molar-refractivity contribution is 7.99. The van der Waals surface area contributed by atoms with Crippen molar-refractivity contribution < 1.29 is 0 Å². The molecule has 0 aromatic rings. The van der Waals surface area contributed by atoms with Crippen molar-refractivity contribution in [1.29, 1.82) is 0 Å². The predicted molar refractivity (Wildman–Crippen MR) is 71.1 cm³/mol. The van der Waals surface area contributed by atoms with E-state index in [1.807, 2.05) is 0 Å². The minimum absolute atomic E-state index is 0.905. The molecule has 0 amide bonds. The van der Waals surface area contributed by atoms with Crippen molar-refractivity contribution in [2.75, 3.05) is 38.5 Å². The fourth-order valence-electron chi connectivity index (χ4n) is 3.46. The number of piperazine rings is 1. The van der Waals surface area contributed by atoms with Crippen molar-refractivity contribution in [3.63, 3.8) is 0 Å². The highest BCUT2D eigenvalue weighted by Gasteiger charge is 2.31. The van der Waals surface area contributed by atoms with Gasteiger partial charge in [0.1, 0.15) is 0 Å². The summed E-state index contributed by atoms with van der Waals surface area (Å²) in [6.07, 6.45) is 7.29. The first-order valence-electron chi connectivity index (χ1n) is 7.00. The molecule has 0 aromatic heterocycles. The fourth-order valence-corrected chi connectivity index (χ4v) is 4.81. The van der Waals surface area contributed by atoms with Gasteiger partial charge in [-0.15, -0.1) is 0 Å². The summed E-state index contributed by atoms with van der Waals surface area (Å²) in [5.74, 6) is 1.41. The topological polar surface area (TPSA) is 6.48 Å². The highest BCUT2D eigenvalue weighted by Crippen LogP contribution is 2.27. The van der Waals surface area contributed by atoms with Gasteiger partial charge in [0.25, 0.3) is 0 Å². The van der Waals surface area contributed by atoms with Crippen LogP contribution in [0.2, 0.25) is 0 Å². The molecule has 0 saturated carbocycles. The maximum Gasteiger partial charge on any atom is 0.0224 e. The molecule has 92 valence electrons. The van der Waals surface area contributed by atoms with E-state index < -0.39 is 0 Å². The minimum Gasteiger partial charge on any atom is -0.299 e. The molecule has 3 aliphatic heterocycles. The lowest BCUT2D eigenvalue weighted by Crippen LogP contribution is -2.51. The van der Waals surface area contributed by atoms with E-state index in [-0.39, 0.29) is 0 Å². The summed E-state index contributed by atoms with van der Waals surface area (Å²) in [5, 5.41) is 0.946. The second kappa shape index (κ2) is 5.28. The van der Waals surface area contributed by atoms with Crippen LogP contribution in [0.25, 0.3) is 0 Å². The quantitative estimate of drug-likeness (QED) is 0.729. The van der Waals surface area contributed by atoms with Crippen molar-refractivity contribution in [3.05, 3.63) is 0 Å². The van der Waals surface area contributed by atoms with Gasteiger partial charge < -0.3 is 0 Å². The van der Waals surface area contributed by atoms with Crippen LogP contribution in [-0.4, -0.2) is 59.6 Å². The molecule has 0 aliphatic carbocycles. The summed E-state index contributed by atoms with van der Waals surface area (Å²) < 4.78 is 0. The van der Waals surface area contributed by atoms with E-state index in [1.165, 1.54) is 70.6 Å². The molecule has 3 aliphatic rings. The van der Waals surface area contributed by atoms with Crippen molar-refractivity contribution >= 4 is 11.8 Å². The Morgan fingerprint density at radius 1 is 1.00 bits per heavy atom. The molecule has 3 heteroatoms.